The van der Waals surface area contributed by atoms with E-state index in [-0.39, 0.29) is 11.6 Å². The highest BCUT2D eigenvalue weighted by Gasteiger charge is 2.17. The van der Waals surface area contributed by atoms with E-state index in [9.17, 15) is 14.9 Å². The van der Waals surface area contributed by atoms with Gasteiger partial charge in [-0.15, -0.1) is 0 Å². The largest absolute Gasteiger partial charge is 0.352 e. The molecule has 0 spiro atoms. The number of nitrogens with zero attached hydrogens (tertiary/aromatic N) is 3. The standard InChI is InChI=1S/C20H18N4O3/c1-14-17(8-5-9-18(14)24(26)27)20(25)21-11-10-15-12-22-19(23-13-15)16-6-3-2-4-7-16/h2-9,12-13H,10-11H2,1H3,(H,21,25). The van der Waals surface area contributed by atoms with Gasteiger partial charge in [-0.2, -0.15) is 0 Å². The number of rotatable bonds is 6. The van der Waals surface area contributed by atoms with Crippen molar-refractivity contribution in [2.75, 3.05) is 6.54 Å². The molecule has 0 aliphatic rings. The van der Waals surface area contributed by atoms with E-state index in [0.717, 1.165) is 11.1 Å². The molecule has 1 amide bonds. The molecule has 0 unspecified atom stereocenters. The molecule has 3 aromatic rings. The van der Waals surface area contributed by atoms with Gasteiger partial charge in [0.05, 0.1) is 4.92 Å². The molecule has 1 heterocycles. The van der Waals surface area contributed by atoms with Crippen molar-refractivity contribution in [1.82, 2.24) is 15.3 Å². The number of carbonyl (C=O) groups is 1. The zero-order valence-electron chi connectivity index (χ0n) is 14.8. The fourth-order valence-electron chi connectivity index (χ4n) is 2.70. The molecule has 7 heteroatoms. The number of benzene rings is 2. The van der Waals surface area contributed by atoms with E-state index in [2.05, 4.69) is 15.3 Å². The summed E-state index contributed by atoms with van der Waals surface area (Å²) in [5.74, 6) is 0.314. The van der Waals surface area contributed by atoms with E-state index in [0.29, 0.717) is 29.9 Å². The summed E-state index contributed by atoms with van der Waals surface area (Å²) in [6, 6.07) is 14.1. The lowest BCUT2D eigenvalue weighted by Gasteiger charge is -2.08. The predicted octanol–water partition coefficient (Wildman–Crippen LogP) is 3.33. The Morgan fingerprint density at radius 1 is 1.07 bits per heavy atom. The van der Waals surface area contributed by atoms with Crippen LogP contribution in [0.3, 0.4) is 0 Å². The van der Waals surface area contributed by atoms with Crippen LogP contribution in [0.2, 0.25) is 0 Å². The van der Waals surface area contributed by atoms with Crippen molar-refractivity contribution in [3.63, 3.8) is 0 Å². The third kappa shape index (κ3) is 4.33. The van der Waals surface area contributed by atoms with E-state index in [1.54, 1.807) is 25.4 Å². The molecule has 0 saturated carbocycles. The Morgan fingerprint density at radius 2 is 1.78 bits per heavy atom. The summed E-state index contributed by atoms with van der Waals surface area (Å²) < 4.78 is 0. The molecule has 0 radical (unpaired) electrons. The minimum Gasteiger partial charge on any atom is -0.352 e. The Balaban J connectivity index is 1.59. The average Bonchev–Trinajstić information content (AvgIpc) is 2.69. The highest BCUT2D eigenvalue weighted by atomic mass is 16.6. The zero-order chi connectivity index (χ0) is 19.2. The molecule has 136 valence electrons. The lowest BCUT2D eigenvalue weighted by Crippen LogP contribution is -2.26. The maximum Gasteiger partial charge on any atom is 0.273 e. The monoisotopic (exact) mass is 362 g/mol. The first kappa shape index (κ1) is 18.2. The second-order valence-electron chi connectivity index (χ2n) is 5.99. The Kier molecular flexibility index (Phi) is 5.51. The van der Waals surface area contributed by atoms with Crippen LogP contribution in [0.1, 0.15) is 21.5 Å². The van der Waals surface area contributed by atoms with Gasteiger partial charge in [-0.25, -0.2) is 9.97 Å². The molecule has 0 atom stereocenters. The van der Waals surface area contributed by atoms with Gasteiger partial charge < -0.3 is 5.32 Å². The van der Waals surface area contributed by atoms with Gasteiger partial charge in [0.15, 0.2) is 5.82 Å². The van der Waals surface area contributed by atoms with Gasteiger partial charge in [0.1, 0.15) is 0 Å². The summed E-state index contributed by atoms with van der Waals surface area (Å²) in [6.45, 7) is 1.96. The topological polar surface area (TPSA) is 98.0 Å². The summed E-state index contributed by atoms with van der Waals surface area (Å²) in [6.07, 6.45) is 4.04. The van der Waals surface area contributed by atoms with E-state index in [4.69, 9.17) is 0 Å². The maximum atomic E-state index is 12.3. The molecular weight excluding hydrogens is 344 g/mol. The highest BCUT2D eigenvalue weighted by Crippen LogP contribution is 2.21. The van der Waals surface area contributed by atoms with Crippen LogP contribution in [0.25, 0.3) is 11.4 Å². The molecule has 2 aromatic carbocycles. The Bertz CT molecular complexity index is 957. The van der Waals surface area contributed by atoms with Crippen molar-refractivity contribution in [1.29, 1.82) is 0 Å². The summed E-state index contributed by atoms with van der Waals surface area (Å²) in [5, 5.41) is 13.8. The summed E-state index contributed by atoms with van der Waals surface area (Å²) >= 11 is 0. The lowest BCUT2D eigenvalue weighted by molar-refractivity contribution is -0.385. The van der Waals surface area contributed by atoms with Gasteiger partial charge in [-0.05, 0) is 25.0 Å². The molecule has 3 rings (SSSR count). The minimum atomic E-state index is -0.488. The van der Waals surface area contributed by atoms with Crippen molar-refractivity contribution in [2.24, 2.45) is 0 Å². The van der Waals surface area contributed by atoms with Crippen LogP contribution in [0, 0.1) is 17.0 Å². The molecule has 1 N–H and O–H groups in total. The van der Waals surface area contributed by atoms with Gasteiger partial charge >= 0.3 is 0 Å². The van der Waals surface area contributed by atoms with Gasteiger partial charge in [0.2, 0.25) is 0 Å². The fourth-order valence-corrected chi connectivity index (χ4v) is 2.70. The Hall–Kier alpha value is -3.61. The Morgan fingerprint density at radius 3 is 2.44 bits per heavy atom. The van der Waals surface area contributed by atoms with Crippen LogP contribution in [-0.4, -0.2) is 27.3 Å². The number of nitro benzene ring substituents is 1. The molecule has 1 aromatic heterocycles. The first-order valence-corrected chi connectivity index (χ1v) is 8.45. The van der Waals surface area contributed by atoms with Gasteiger partial charge in [-0.1, -0.05) is 36.4 Å². The summed E-state index contributed by atoms with van der Waals surface area (Å²) in [7, 11) is 0. The van der Waals surface area contributed by atoms with Gasteiger partial charge in [0, 0.05) is 41.7 Å². The third-order valence-electron chi connectivity index (χ3n) is 4.18. The number of hydrogen-bond donors (Lipinski definition) is 1. The van der Waals surface area contributed by atoms with E-state index in [1.165, 1.54) is 12.1 Å². The second-order valence-corrected chi connectivity index (χ2v) is 5.99. The van der Waals surface area contributed by atoms with Crippen molar-refractivity contribution in [2.45, 2.75) is 13.3 Å². The van der Waals surface area contributed by atoms with Crippen molar-refractivity contribution < 1.29 is 9.72 Å². The lowest BCUT2D eigenvalue weighted by atomic mass is 10.1. The van der Waals surface area contributed by atoms with Gasteiger partial charge in [-0.3, -0.25) is 14.9 Å². The number of nitro groups is 1. The SMILES string of the molecule is Cc1c(C(=O)NCCc2cnc(-c3ccccc3)nc2)cccc1[N+](=O)[O-]. The highest BCUT2D eigenvalue weighted by molar-refractivity contribution is 5.96. The smallest absolute Gasteiger partial charge is 0.273 e. The molecule has 0 fully saturated rings. The first-order chi connectivity index (χ1) is 13.1. The maximum absolute atomic E-state index is 12.3. The third-order valence-corrected chi connectivity index (χ3v) is 4.18. The van der Waals surface area contributed by atoms with Crippen molar-refractivity contribution >= 4 is 11.6 Å². The molecule has 7 nitrogen and oxygen atoms in total. The number of hydrogen-bond acceptors (Lipinski definition) is 5. The summed E-state index contributed by atoms with van der Waals surface area (Å²) in [5.41, 5.74) is 2.44. The number of nitrogens with one attached hydrogen (secondary N) is 1. The first-order valence-electron chi connectivity index (χ1n) is 8.45. The van der Waals surface area contributed by atoms with Crippen molar-refractivity contribution in [3.05, 3.63) is 87.7 Å². The van der Waals surface area contributed by atoms with E-state index < -0.39 is 4.92 Å². The van der Waals surface area contributed by atoms with Crippen LogP contribution in [0.5, 0.6) is 0 Å². The van der Waals surface area contributed by atoms with Crippen LogP contribution < -0.4 is 5.32 Å². The summed E-state index contributed by atoms with van der Waals surface area (Å²) in [4.78, 5) is 31.5. The van der Waals surface area contributed by atoms with E-state index >= 15 is 0 Å². The van der Waals surface area contributed by atoms with Crippen LogP contribution >= 0.6 is 0 Å². The van der Waals surface area contributed by atoms with E-state index in [1.807, 2.05) is 30.3 Å². The number of amides is 1. The second kappa shape index (κ2) is 8.18. The van der Waals surface area contributed by atoms with Crippen molar-refractivity contribution in [3.8, 4) is 11.4 Å². The molecule has 0 bridgehead atoms. The molecule has 0 aliphatic carbocycles. The zero-order valence-corrected chi connectivity index (χ0v) is 14.8. The van der Waals surface area contributed by atoms with Gasteiger partial charge in [0.25, 0.3) is 11.6 Å². The molecule has 0 saturated heterocycles. The quantitative estimate of drug-likeness (QED) is 0.536. The molecule has 27 heavy (non-hydrogen) atoms. The van der Waals surface area contributed by atoms with Crippen LogP contribution in [0.4, 0.5) is 5.69 Å². The van der Waals surface area contributed by atoms with Crippen LogP contribution in [-0.2, 0) is 6.42 Å². The Labute approximate surface area is 156 Å². The molecular formula is C20H18N4O3. The van der Waals surface area contributed by atoms with Crippen LogP contribution in [0.15, 0.2) is 60.9 Å². The number of aromatic nitrogens is 2. The fraction of sp³-hybridized carbons (Fsp3) is 0.150. The average molecular weight is 362 g/mol. The predicted molar refractivity (Wildman–Crippen MR) is 101 cm³/mol. The normalized spacial score (nSPS) is 10.4. The molecule has 0 aliphatic heterocycles. The number of carbonyl (C=O) groups excluding carboxylic acids is 1. The minimum absolute atomic E-state index is 0.0625.